The van der Waals surface area contributed by atoms with Gasteiger partial charge in [-0.1, -0.05) is 12.1 Å². The highest BCUT2D eigenvalue weighted by Crippen LogP contribution is 2.39. The van der Waals surface area contributed by atoms with Gasteiger partial charge < -0.3 is 15.1 Å². The molecule has 0 bridgehead atoms. The van der Waals surface area contributed by atoms with Gasteiger partial charge in [0.1, 0.15) is 17.4 Å². The summed E-state index contributed by atoms with van der Waals surface area (Å²) in [6.45, 7) is -0.0712. The molecule has 1 aliphatic heterocycles. The zero-order valence-corrected chi connectivity index (χ0v) is 15.1. The summed E-state index contributed by atoms with van der Waals surface area (Å²) < 4.78 is 27.0. The summed E-state index contributed by atoms with van der Waals surface area (Å²) in [6, 6.07) is 8.84. The van der Waals surface area contributed by atoms with Crippen LogP contribution < -0.4 is 0 Å². The Morgan fingerprint density at radius 3 is 2.31 bits per heavy atom. The summed E-state index contributed by atoms with van der Waals surface area (Å²) in [5.41, 5.74) is 0.113. The molecule has 8 heteroatoms. The number of ketones is 1. The Morgan fingerprint density at radius 2 is 1.69 bits per heavy atom. The quantitative estimate of drug-likeness (QED) is 0.440. The largest absolute Gasteiger partial charge is 0.507 e. The molecule has 29 heavy (non-hydrogen) atoms. The van der Waals surface area contributed by atoms with Crippen LogP contribution in [0.1, 0.15) is 30.0 Å². The lowest BCUT2D eigenvalue weighted by molar-refractivity contribution is -0.140. The molecular weight excluding hydrogens is 384 g/mol. The number of nitrogens with zero attached hydrogens (tertiary/aromatic N) is 1. The van der Waals surface area contributed by atoms with Crippen molar-refractivity contribution in [3.05, 3.63) is 76.9 Å². The van der Waals surface area contributed by atoms with Gasteiger partial charge in [0.2, 0.25) is 0 Å². The van der Waals surface area contributed by atoms with Crippen molar-refractivity contribution in [1.29, 1.82) is 0 Å². The van der Waals surface area contributed by atoms with Gasteiger partial charge in [-0.3, -0.25) is 14.4 Å². The summed E-state index contributed by atoms with van der Waals surface area (Å²) in [4.78, 5) is 37.2. The number of carboxylic acid groups (broad SMARTS) is 1. The van der Waals surface area contributed by atoms with Crippen LogP contribution in [0.5, 0.6) is 0 Å². The Balaban J connectivity index is 2.10. The van der Waals surface area contributed by atoms with Gasteiger partial charge in [0, 0.05) is 18.5 Å². The van der Waals surface area contributed by atoms with E-state index in [0.29, 0.717) is 0 Å². The van der Waals surface area contributed by atoms with Crippen LogP contribution in [0, 0.1) is 11.6 Å². The van der Waals surface area contributed by atoms with E-state index >= 15 is 0 Å². The number of aliphatic hydroxyl groups excluding tert-OH is 1. The minimum atomic E-state index is -1.09. The van der Waals surface area contributed by atoms with E-state index in [0.717, 1.165) is 23.1 Å². The normalized spacial score (nSPS) is 18.3. The number of hydrogen-bond donors (Lipinski definition) is 2. The van der Waals surface area contributed by atoms with Crippen molar-refractivity contribution in [3.8, 4) is 0 Å². The zero-order valence-electron chi connectivity index (χ0n) is 15.1. The molecule has 0 aromatic heterocycles. The first-order valence-electron chi connectivity index (χ1n) is 8.81. The summed E-state index contributed by atoms with van der Waals surface area (Å²) >= 11 is 0. The Morgan fingerprint density at radius 1 is 1.00 bits per heavy atom. The van der Waals surface area contributed by atoms with Crippen LogP contribution in [0.3, 0.4) is 0 Å². The number of aliphatic carboxylic acids is 1. The maximum Gasteiger partial charge on any atom is 0.303 e. The lowest BCUT2D eigenvalue weighted by Gasteiger charge is -2.25. The number of aliphatic hydroxyl groups is 1. The predicted molar refractivity (Wildman–Crippen MR) is 98.7 cm³/mol. The van der Waals surface area contributed by atoms with E-state index in [-0.39, 0.29) is 36.1 Å². The molecule has 1 atom stereocenters. The molecule has 6 nitrogen and oxygen atoms in total. The van der Waals surface area contributed by atoms with E-state index in [1.54, 1.807) is 0 Å². The number of Topliss-reactive ketones (excluding diaryl/α,β-unsaturated/α-hetero) is 1. The zero-order chi connectivity index (χ0) is 21.1. The van der Waals surface area contributed by atoms with E-state index < -0.39 is 41.1 Å². The molecule has 0 radical (unpaired) electrons. The molecule has 1 aliphatic rings. The van der Waals surface area contributed by atoms with Crippen molar-refractivity contribution < 1.29 is 33.4 Å². The van der Waals surface area contributed by atoms with Crippen LogP contribution in [-0.2, 0) is 14.4 Å². The van der Waals surface area contributed by atoms with E-state index in [9.17, 15) is 28.3 Å². The third-order valence-corrected chi connectivity index (χ3v) is 4.61. The second-order valence-corrected chi connectivity index (χ2v) is 6.55. The fraction of sp³-hybridized carbons (Fsp3) is 0.190. The first-order valence-corrected chi connectivity index (χ1v) is 8.81. The molecule has 1 saturated heterocycles. The molecule has 3 rings (SSSR count). The van der Waals surface area contributed by atoms with Crippen LogP contribution in [0.25, 0.3) is 5.76 Å². The molecule has 2 aromatic carbocycles. The molecule has 150 valence electrons. The molecule has 2 aromatic rings. The average molecular weight is 401 g/mol. The number of hydrogen-bond acceptors (Lipinski definition) is 4. The maximum absolute atomic E-state index is 13.8. The number of likely N-dealkylation sites (tertiary alicyclic amines) is 1. The summed E-state index contributed by atoms with van der Waals surface area (Å²) in [7, 11) is 0. The fourth-order valence-electron chi connectivity index (χ4n) is 3.30. The van der Waals surface area contributed by atoms with Crippen molar-refractivity contribution >= 4 is 23.4 Å². The van der Waals surface area contributed by atoms with E-state index in [1.165, 1.54) is 30.3 Å². The number of amides is 1. The van der Waals surface area contributed by atoms with Gasteiger partial charge in [0.15, 0.2) is 0 Å². The van der Waals surface area contributed by atoms with Crippen LogP contribution in [-0.4, -0.2) is 39.3 Å². The minimum absolute atomic E-state index is 0.0712. The molecule has 1 amide bonds. The van der Waals surface area contributed by atoms with Gasteiger partial charge in [-0.25, -0.2) is 8.78 Å². The average Bonchev–Trinajstić information content (AvgIpc) is 2.93. The minimum Gasteiger partial charge on any atom is -0.507 e. The number of carbonyl (C=O) groups excluding carboxylic acids is 2. The lowest BCUT2D eigenvalue weighted by atomic mass is 9.95. The van der Waals surface area contributed by atoms with Gasteiger partial charge in [-0.15, -0.1) is 0 Å². The second kappa shape index (κ2) is 8.22. The third kappa shape index (κ3) is 4.16. The van der Waals surface area contributed by atoms with Gasteiger partial charge >= 0.3 is 5.97 Å². The third-order valence-electron chi connectivity index (χ3n) is 4.61. The first-order chi connectivity index (χ1) is 13.8. The molecule has 2 N–H and O–H groups in total. The second-order valence-electron chi connectivity index (χ2n) is 6.55. The highest BCUT2D eigenvalue weighted by molar-refractivity contribution is 6.46. The first kappa shape index (κ1) is 20.2. The standard InChI is InChI=1S/C21H17F2NO5/c22-14-8-6-12(7-9-14)19(27)17-18(13-3-1-4-15(23)11-13)24(21(29)20(17)28)10-2-5-16(25)26/h1,3-4,6-9,11,18,27H,2,5,10H2,(H,25,26)/b19-17+/t18-/m0/s1. The van der Waals surface area contributed by atoms with Gasteiger partial charge in [0.25, 0.3) is 11.7 Å². The summed E-state index contributed by atoms with van der Waals surface area (Å²) in [5, 5.41) is 19.5. The molecule has 1 fully saturated rings. The van der Waals surface area contributed by atoms with Crippen molar-refractivity contribution in [2.24, 2.45) is 0 Å². The van der Waals surface area contributed by atoms with Crippen molar-refractivity contribution in [2.45, 2.75) is 18.9 Å². The Bertz CT molecular complexity index is 1000. The number of carboxylic acids is 1. The van der Waals surface area contributed by atoms with Crippen molar-refractivity contribution in [3.63, 3.8) is 0 Å². The lowest BCUT2D eigenvalue weighted by Crippen LogP contribution is -2.31. The molecule has 1 heterocycles. The molecule has 0 saturated carbocycles. The smallest absolute Gasteiger partial charge is 0.303 e. The van der Waals surface area contributed by atoms with E-state index in [2.05, 4.69) is 0 Å². The monoisotopic (exact) mass is 401 g/mol. The van der Waals surface area contributed by atoms with Crippen LogP contribution >= 0.6 is 0 Å². The predicted octanol–water partition coefficient (Wildman–Crippen LogP) is 3.25. The van der Waals surface area contributed by atoms with Crippen LogP contribution in [0.15, 0.2) is 54.1 Å². The highest BCUT2D eigenvalue weighted by atomic mass is 19.1. The van der Waals surface area contributed by atoms with Crippen molar-refractivity contribution in [1.82, 2.24) is 4.90 Å². The Kier molecular flexibility index (Phi) is 5.72. The van der Waals surface area contributed by atoms with Crippen molar-refractivity contribution in [2.75, 3.05) is 6.54 Å². The van der Waals surface area contributed by atoms with Crippen LogP contribution in [0.2, 0.25) is 0 Å². The summed E-state index contributed by atoms with van der Waals surface area (Å²) in [5.74, 6) is -4.61. The van der Waals surface area contributed by atoms with Gasteiger partial charge in [0.05, 0.1) is 11.6 Å². The molecule has 0 aliphatic carbocycles. The topological polar surface area (TPSA) is 94.9 Å². The van der Waals surface area contributed by atoms with E-state index in [4.69, 9.17) is 5.11 Å². The molecular formula is C21H17F2NO5. The Hall–Kier alpha value is -3.55. The number of rotatable bonds is 6. The number of benzene rings is 2. The number of carbonyl (C=O) groups is 3. The fourth-order valence-corrected chi connectivity index (χ4v) is 3.30. The number of halogens is 2. The SMILES string of the molecule is O=C(O)CCCN1C(=O)C(=O)/C(=C(/O)c2ccc(F)cc2)[C@@H]1c1cccc(F)c1. The van der Waals surface area contributed by atoms with E-state index in [1.807, 2.05) is 0 Å². The maximum atomic E-state index is 13.8. The van der Waals surface area contributed by atoms with Gasteiger partial charge in [-0.2, -0.15) is 0 Å². The summed E-state index contributed by atoms with van der Waals surface area (Å²) in [6.07, 6.45) is -0.151. The van der Waals surface area contributed by atoms with Gasteiger partial charge in [-0.05, 0) is 48.4 Å². The Labute approximate surface area is 164 Å². The highest BCUT2D eigenvalue weighted by Gasteiger charge is 2.45. The molecule has 0 unspecified atom stereocenters. The molecule has 0 spiro atoms. The van der Waals surface area contributed by atoms with Crippen LogP contribution in [0.4, 0.5) is 8.78 Å².